The van der Waals surface area contributed by atoms with Crippen LogP contribution in [0.15, 0.2) is 42.9 Å². The number of carbonyl (C=O) groups is 1. The molecule has 1 amide bonds. The van der Waals surface area contributed by atoms with Crippen molar-refractivity contribution in [2.24, 2.45) is 7.05 Å². The van der Waals surface area contributed by atoms with Gasteiger partial charge in [0.1, 0.15) is 18.2 Å². The highest BCUT2D eigenvalue weighted by Crippen LogP contribution is 2.42. The molecule has 0 atom stereocenters. The number of pyridine rings is 1. The smallest absolute Gasteiger partial charge is 0.435 e. The van der Waals surface area contributed by atoms with E-state index in [1.54, 1.807) is 23.2 Å². The van der Waals surface area contributed by atoms with Crippen LogP contribution in [0.3, 0.4) is 0 Å². The van der Waals surface area contributed by atoms with E-state index in [-0.39, 0.29) is 48.0 Å². The monoisotopic (exact) mass is 538 g/mol. The maximum atomic E-state index is 14.0. The second kappa shape index (κ2) is 10.2. The normalized spacial score (nSPS) is 13.8. The van der Waals surface area contributed by atoms with Gasteiger partial charge in [0.05, 0.1) is 24.3 Å². The zero-order chi connectivity index (χ0) is 27.9. The molecule has 0 fully saturated rings. The topological polar surface area (TPSA) is 78.1 Å². The summed E-state index contributed by atoms with van der Waals surface area (Å²) >= 11 is 0. The maximum Gasteiger partial charge on any atom is 0.435 e. The number of hydrogen-bond donors (Lipinski definition) is 0. The van der Waals surface area contributed by atoms with Gasteiger partial charge in [0.25, 0.3) is 5.91 Å². The Labute approximate surface area is 224 Å². The molecule has 0 saturated carbocycles. The second-order valence-electron chi connectivity index (χ2n) is 9.76. The summed E-state index contributed by atoms with van der Waals surface area (Å²) in [7, 11) is 1.44. The van der Waals surface area contributed by atoms with Gasteiger partial charge in [-0.2, -0.15) is 18.3 Å². The van der Waals surface area contributed by atoms with Crippen molar-refractivity contribution in [1.82, 2.24) is 29.2 Å². The van der Waals surface area contributed by atoms with Crippen LogP contribution in [0.1, 0.15) is 51.3 Å². The second-order valence-corrected chi connectivity index (χ2v) is 9.76. The largest absolute Gasteiger partial charge is 0.490 e. The van der Waals surface area contributed by atoms with Crippen molar-refractivity contribution < 1.29 is 22.7 Å². The molecule has 3 aromatic heterocycles. The van der Waals surface area contributed by atoms with Crippen LogP contribution in [-0.2, 0) is 32.7 Å². The number of aromatic nitrogens is 5. The maximum absolute atomic E-state index is 14.0. The molecule has 5 rings (SSSR count). The third-order valence-electron chi connectivity index (χ3n) is 6.64. The Morgan fingerprint density at radius 1 is 1.05 bits per heavy atom. The Morgan fingerprint density at radius 2 is 1.82 bits per heavy atom. The van der Waals surface area contributed by atoms with E-state index in [1.807, 2.05) is 43.7 Å². The molecule has 204 valence electrons. The van der Waals surface area contributed by atoms with Gasteiger partial charge in [0.2, 0.25) is 0 Å². The predicted molar refractivity (Wildman–Crippen MR) is 138 cm³/mol. The molecule has 0 spiro atoms. The summed E-state index contributed by atoms with van der Waals surface area (Å²) in [6.45, 7) is 6.80. The van der Waals surface area contributed by atoms with Gasteiger partial charge in [-0.15, -0.1) is 0 Å². The van der Waals surface area contributed by atoms with Gasteiger partial charge in [0, 0.05) is 55.4 Å². The number of ether oxygens (including phenoxy) is 1. The average molecular weight is 539 g/mol. The van der Waals surface area contributed by atoms with Gasteiger partial charge >= 0.3 is 6.18 Å². The summed E-state index contributed by atoms with van der Waals surface area (Å²) in [4.78, 5) is 24.5. The molecule has 39 heavy (non-hydrogen) atoms. The Morgan fingerprint density at radius 3 is 2.54 bits per heavy atom. The zero-order valence-electron chi connectivity index (χ0n) is 22.2. The molecule has 8 nitrogen and oxygen atoms in total. The SMILES string of the molecule is CCc1nccn1Cc1cc2c(c(-c3cn(C)nc3C(F)(F)F)c1)OCCN(Cc1cc(C)cc(C)n1)C2=O. The average Bonchev–Trinajstić information content (AvgIpc) is 3.44. The van der Waals surface area contributed by atoms with Crippen molar-refractivity contribution >= 4 is 5.91 Å². The van der Waals surface area contributed by atoms with Gasteiger partial charge in [-0.1, -0.05) is 6.92 Å². The van der Waals surface area contributed by atoms with Crippen LogP contribution in [-0.4, -0.2) is 48.3 Å². The Balaban J connectivity index is 1.64. The summed E-state index contributed by atoms with van der Waals surface area (Å²) in [6, 6.07) is 7.24. The third kappa shape index (κ3) is 5.39. The van der Waals surface area contributed by atoms with Crippen LogP contribution in [0.25, 0.3) is 11.1 Å². The van der Waals surface area contributed by atoms with E-state index in [2.05, 4.69) is 15.1 Å². The van der Waals surface area contributed by atoms with Crippen molar-refractivity contribution in [2.75, 3.05) is 13.2 Å². The molecule has 1 aromatic carbocycles. The van der Waals surface area contributed by atoms with Crippen molar-refractivity contribution in [2.45, 2.75) is 46.5 Å². The molecule has 0 unspecified atom stereocenters. The van der Waals surface area contributed by atoms with Gasteiger partial charge in [-0.3, -0.25) is 14.5 Å². The lowest BCUT2D eigenvalue weighted by Crippen LogP contribution is -2.32. The quantitative estimate of drug-likeness (QED) is 0.347. The molecule has 0 radical (unpaired) electrons. The zero-order valence-corrected chi connectivity index (χ0v) is 22.2. The van der Waals surface area contributed by atoms with E-state index in [4.69, 9.17) is 4.74 Å². The number of rotatable bonds is 6. The Hall–Kier alpha value is -4.15. The molecule has 0 aliphatic carbocycles. The van der Waals surface area contributed by atoms with Gasteiger partial charge in [0.15, 0.2) is 5.69 Å². The van der Waals surface area contributed by atoms with Crippen LogP contribution in [0.4, 0.5) is 13.2 Å². The Kier molecular flexibility index (Phi) is 6.92. The van der Waals surface area contributed by atoms with Crippen molar-refractivity contribution in [3.8, 4) is 16.9 Å². The molecule has 11 heteroatoms. The number of aryl methyl sites for hydroxylation is 4. The minimum atomic E-state index is -4.69. The van der Waals surface area contributed by atoms with Gasteiger partial charge in [-0.25, -0.2) is 4.98 Å². The van der Waals surface area contributed by atoms with E-state index < -0.39 is 11.9 Å². The van der Waals surface area contributed by atoms with Crippen LogP contribution in [0.2, 0.25) is 0 Å². The highest BCUT2D eigenvalue weighted by Gasteiger charge is 2.39. The molecular weight excluding hydrogens is 509 g/mol. The third-order valence-corrected chi connectivity index (χ3v) is 6.64. The number of imidazole rings is 1. The summed E-state index contributed by atoms with van der Waals surface area (Å²) in [5.74, 6) is 0.624. The minimum absolute atomic E-state index is 0.124. The predicted octanol–water partition coefficient (Wildman–Crippen LogP) is 4.96. The summed E-state index contributed by atoms with van der Waals surface area (Å²) in [6.07, 6.45) is 0.802. The first kappa shape index (κ1) is 26.5. The van der Waals surface area contributed by atoms with Crippen molar-refractivity contribution in [1.29, 1.82) is 0 Å². The molecule has 0 saturated heterocycles. The lowest BCUT2D eigenvalue weighted by Gasteiger charge is -2.20. The first-order valence-electron chi connectivity index (χ1n) is 12.7. The number of alkyl halides is 3. The number of carbonyl (C=O) groups excluding carboxylic acids is 1. The van der Waals surface area contributed by atoms with E-state index >= 15 is 0 Å². The molecule has 4 heterocycles. The van der Waals surface area contributed by atoms with E-state index in [9.17, 15) is 18.0 Å². The fraction of sp³-hybridized carbons (Fsp3) is 0.357. The fourth-order valence-corrected chi connectivity index (χ4v) is 5.07. The number of benzene rings is 1. The standard InChI is InChI=1S/C28H29F3N6O2/c1-5-24-32-6-7-36(24)14-19-12-21(23-16-35(4)34-26(23)28(29,30)31)25-22(13-19)27(38)37(8-9-39-25)15-20-11-17(2)10-18(3)33-20/h6-7,10-13,16H,5,8-9,14-15H2,1-4H3. The van der Waals surface area contributed by atoms with Crippen LogP contribution < -0.4 is 4.74 Å². The van der Waals surface area contributed by atoms with E-state index in [0.29, 0.717) is 18.5 Å². The number of hydrogen-bond acceptors (Lipinski definition) is 5. The van der Waals surface area contributed by atoms with Gasteiger partial charge < -0.3 is 14.2 Å². The van der Waals surface area contributed by atoms with E-state index in [0.717, 1.165) is 27.5 Å². The molecule has 4 aromatic rings. The van der Waals surface area contributed by atoms with E-state index in [1.165, 1.54) is 13.2 Å². The van der Waals surface area contributed by atoms with Crippen LogP contribution in [0.5, 0.6) is 5.75 Å². The van der Waals surface area contributed by atoms with Gasteiger partial charge in [-0.05, 0) is 49.2 Å². The van der Waals surface area contributed by atoms with Crippen molar-refractivity contribution in [3.63, 3.8) is 0 Å². The van der Waals surface area contributed by atoms with Crippen LogP contribution >= 0.6 is 0 Å². The molecular formula is C28H29F3N6O2. The molecule has 1 aliphatic rings. The highest BCUT2D eigenvalue weighted by atomic mass is 19.4. The lowest BCUT2D eigenvalue weighted by atomic mass is 9.97. The molecule has 1 aliphatic heterocycles. The summed E-state index contributed by atoms with van der Waals surface area (Å²) in [5.41, 5.74) is 2.48. The Bertz CT molecular complexity index is 1520. The van der Waals surface area contributed by atoms with Crippen molar-refractivity contribution in [3.05, 3.63) is 82.5 Å². The first-order valence-corrected chi connectivity index (χ1v) is 12.7. The fourth-order valence-electron chi connectivity index (χ4n) is 5.07. The lowest BCUT2D eigenvalue weighted by molar-refractivity contribution is -0.140. The number of amides is 1. The number of nitrogens with zero attached hydrogens (tertiary/aromatic N) is 6. The molecule has 0 bridgehead atoms. The number of halogens is 3. The highest BCUT2D eigenvalue weighted by molar-refractivity contribution is 6.00. The molecule has 0 N–H and O–H groups in total. The van der Waals surface area contributed by atoms with Crippen LogP contribution in [0, 0.1) is 13.8 Å². The number of fused-ring (bicyclic) bond motifs is 1. The summed E-state index contributed by atoms with van der Waals surface area (Å²) in [5, 5.41) is 3.69. The summed E-state index contributed by atoms with van der Waals surface area (Å²) < 4.78 is 51.1. The first-order chi connectivity index (χ1) is 18.5. The minimum Gasteiger partial charge on any atom is -0.490 e.